The fraction of sp³-hybridized carbons (Fsp3) is 0.750. The molecule has 1 aromatic heterocycles. The number of rotatable bonds is 5. The fourth-order valence-corrected chi connectivity index (χ4v) is 4.69. The van der Waals surface area contributed by atoms with E-state index in [1.165, 1.54) is 7.11 Å². The van der Waals surface area contributed by atoms with Crippen molar-refractivity contribution in [2.45, 2.75) is 34.4 Å². The Labute approximate surface area is 127 Å². The van der Waals surface area contributed by atoms with Crippen LogP contribution in [0.15, 0.2) is 4.34 Å². The van der Waals surface area contributed by atoms with Gasteiger partial charge < -0.3 is 15.0 Å². The molecule has 0 bridgehead atoms. The maximum Gasteiger partial charge on any atom is 0.326 e. The number of carbonyl (C=O) groups is 1. The van der Waals surface area contributed by atoms with Gasteiger partial charge in [0.15, 0.2) is 4.34 Å². The number of nitrogens with one attached hydrogen (secondary N) is 1. The Morgan fingerprint density at radius 2 is 2.30 bits per heavy atom. The van der Waals surface area contributed by atoms with E-state index < -0.39 is 5.54 Å². The van der Waals surface area contributed by atoms with E-state index in [1.807, 2.05) is 26.0 Å². The second-order valence-electron chi connectivity index (χ2n) is 5.05. The molecule has 1 fully saturated rings. The van der Waals surface area contributed by atoms with Crippen LogP contribution in [0.2, 0.25) is 0 Å². The molecule has 2 unspecified atom stereocenters. The van der Waals surface area contributed by atoms with Crippen LogP contribution in [0.25, 0.3) is 0 Å². The molecule has 1 aliphatic carbocycles. The molecule has 20 heavy (non-hydrogen) atoms. The Morgan fingerprint density at radius 1 is 1.55 bits per heavy atom. The highest BCUT2D eigenvalue weighted by atomic mass is 32.2. The van der Waals surface area contributed by atoms with Crippen LogP contribution in [-0.2, 0) is 9.53 Å². The Hall–Kier alpha value is -0.860. The largest absolute Gasteiger partial charge is 0.468 e. The lowest BCUT2D eigenvalue weighted by atomic mass is 9.98. The third-order valence-electron chi connectivity index (χ3n) is 3.57. The first-order chi connectivity index (χ1) is 9.50. The molecule has 0 aromatic carbocycles. The normalized spacial score (nSPS) is 25.7. The quantitative estimate of drug-likeness (QED) is 0.823. The molecule has 8 heteroatoms. The van der Waals surface area contributed by atoms with Crippen LogP contribution in [-0.4, -0.2) is 55.2 Å². The summed E-state index contributed by atoms with van der Waals surface area (Å²) in [5.74, 6) is -0.172. The molecule has 1 aromatic rings. The summed E-state index contributed by atoms with van der Waals surface area (Å²) in [5, 5.41) is 12.7. The van der Waals surface area contributed by atoms with Crippen LogP contribution in [0.4, 0.5) is 5.13 Å². The molecule has 6 nitrogen and oxygen atoms in total. The number of hydrogen-bond acceptors (Lipinski definition) is 8. The van der Waals surface area contributed by atoms with Gasteiger partial charge in [-0.2, -0.15) is 0 Å². The van der Waals surface area contributed by atoms with E-state index in [-0.39, 0.29) is 5.97 Å². The topological polar surface area (TPSA) is 67.3 Å². The third-order valence-corrected chi connectivity index (χ3v) is 6.01. The van der Waals surface area contributed by atoms with Gasteiger partial charge in [-0.25, -0.2) is 0 Å². The Bertz CT molecular complexity index is 480. The molecule has 1 saturated carbocycles. The van der Waals surface area contributed by atoms with Gasteiger partial charge in [0.25, 0.3) is 0 Å². The molecule has 112 valence electrons. The van der Waals surface area contributed by atoms with Crippen molar-refractivity contribution in [1.29, 1.82) is 0 Å². The zero-order valence-corrected chi connectivity index (χ0v) is 13.8. The second-order valence-corrected chi connectivity index (χ2v) is 7.55. The highest BCUT2D eigenvalue weighted by molar-refractivity contribution is 8.01. The number of esters is 1. The standard InChI is InChI=1S/C12H20N4O2S2/c1-13-12(9(17)18-4)6-5-8(7-12)19-11-15-14-10(20-11)16(2)3/h8,13H,5-7H2,1-4H3. The van der Waals surface area contributed by atoms with E-state index in [2.05, 4.69) is 15.5 Å². The smallest absolute Gasteiger partial charge is 0.326 e. The molecule has 2 rings (SSSR count). The van der Waals surface area contributed by atoms with Crippen LogP contribution in [0.3, 0.4) is 0 Å². The van der Waals surface area contributed by atoms with Gasteiger partial charge in [0.05, 0.1) is 7.11 Å². The van der Waals surface area contributed by atoms with Crippen LogP contribution < -0.4 is 10.2 Å². The van der Waals surface area contributed by atoms with Crippen LogP contribution in [0.5, 0.6) is 0 Å². The highest BCUT2D eigenvalue weighted by Crippen LogP contribution is 2.42. The van der Waals surface area contributed by atoms with Gasteiger partial charge in [-0.1, -0.05) is 23.1 Å². The van der Waals surface area contributed by atoms with Gasteiger partial charge >= 0.3 is 5.97 Å². The minimum absolute atomic E-state index is 0.172. The predicted octanol–water partition coefficient (Wildman–Crippen LogP) is 1.38. The molecule has 0 aliphatic heterocycles. The summed E-state index contributed by atoms with van der Waals surface area (Å²) in [6, 6.07) is 0. The molecule has 0 saturated heterocycles. The number of methoxy groups -OCH3 is 1. The Balaban J connectivity index is 2.00. The average Bonchev–Trinajstić information content (AvgIpc) is 3.06. The Kier molecular flexibility index (Phi) is 4.87. The summed E-state index contributed by atoms with van der Waals surface area (Å²) in [5.41, 5.74) is -0.540. The number of thioether (sulfide) groups is 1. The van der Waals surface area contributed by atoms with Crippen molar-refractivity contribution in [2.24, 2.45) is 0 Å². The summed E-state index contributed by atoms with van der Waals surface area (Å²) in [6.07, 6.45) is 2.53. The van der Waals surface area contributed by atoms with Crippen LogP contribution >= 0.6 is 23.1 Å². The number of anilines is 1. The van der Waals surface area contributed by atoms with E-state index in [4.69, 9.17) is 4.74 Å². The molecule has 1 aliphatic rings. The third kappa shape index (κ3) is 3.07. The minimum Gasteiger partial charge on any atom is -0.468 e. The SMILES string of the molecule is CNC1(C(=O)OC)CCC(Sc2nnc(N(C)C)s2)C1. The lowest BCUT2D eigenvalue weighted by molar-refractivity contribution is -0.148. The zero-order valence-electron chi connectivity index (χ0n) is 12.2. The number of aromatic nitrogens is 2. The number of ether oxygens (including phenoxy) is 1. The Morgan fingerprint density at radius 3 is 2.85 bits per heavy atom. The van der Waals surface area contributed by atoms with Gasteiger partial charge in [-0.05, 0) is 26.3 Å². The molecule has 2 atom stereocenters. The fourth-order valence-electron chi connectivity index (χ4n) is 2.38. The van der Waals surface area contributed by atoms with E-state index in [0.717, 1.165) is 28.7 Å². The predicted molar refractivity (Wildman–Crippen MR) is 81.5 cm³/mol. The highest BCUT2D eigenvalue weighted by Gasteiger charge is 2.45. The molecule has 0 amide bonds. The van der Waals surface area contributed by atoms with E-state index in [0.29, 0.717) is 5.25 Å². The maximum atomic E-state index is 11.9. The molecular formula is C12H20N4O2S2. The number of nitrogens with zero attached hydrogens (tertiary/aromatic N) is 3. The molecule has 0 spiro atoms. The summed E-state index contributed by atoms with van der Waals surface area (Å²) in [6.45, 7) is 0. The number of likely N-dealkylation sites (N-methyl/N-ethyl adjacent to an activating group) is 1. The first kappa shape index (κ1) is 15.5. The van der Waals surface area contributed by atoms with Crippen molar-refractivity contribution in [3.8, 4) is 0 Å². The van der Waals surface area contributed by atoms with E-state index in [1.54, 1.807) is 23.1 Å². The lowest BCUT2D eigenvalue weighted by Crippen LogP contribution is -2.49. The number of hydrogen-bond donors (Lipinski definition) is 1. The van der Waals surface area contributed by atoms with Gasteiger partial charge in [0, 0.05) is 19.3 Å². The molecule has 0 radical (unpaired) electrons. The summed E-state index contributed by atoms with van der Waals surface area (Å²) in [4.78, 5) is 13.9. The molecular weight excluding hydrogens is 296 g/mol. The van der Waals surface area contributed by atoms with Crippen LogP contribution in [0, 0.1) is 0 Å². The minimum atomic E-state index is -0.540. The summed E-state index contributed by atoms with van der Waals surface area (Å²) >= 11 is 3.29. The van der Waals surface area contributed by atoms with Crippen LogP contribution in [0.1, 0.15) is 19.3 Å². The van der Waals surface area contributed by atoms with Crippen molar-refractivity contribution < 1.29 is 9.53 Å². The van der Waals surface area contributed by atoms with Gasteiger partial charge in [-0.3, -0.25) is 4.79 Å². The van der Waals surface area contributed by atoms with Crippen molar-refractivity contribution in [1.82, 2.24) is 15.5 Å². The first-order valence-electron chi connectivity index (χ1n) is 6.45. The molecule has 1 heterocycles. The molecule has 1 N–H and O–H groups in total. The van der Waals surface area contributed by atoms with E-state index in [9.17, 15) is 4.79 Å². The first-order valence-corrected chi connectivity index (χ1v) is 8.15. The van der Waals surface area contributed by atoms with Crippen molar-refractivity contribution in [3.05, 3.63) is 0 Å². The average molecular weight is 316 g/mol. The lowest BCUT2D eigenvalue weighted by Gasteiger charge is -2.25. The van der Waals surface area contributed by atoms with Gasteiger partial charge in [0.1, 0.15) is 5.54 Å². The number of carbonyl (C=O) groups excluding carboxylic acids is 1. The van der Waals surface area contributed by atoms with Gasteiger partial charge in [0.2, 0.25) is 5.13 Å². The van der Waals surface area contributed by atoms with Gasteiger partial charge in [-0.15, -0.1) is 10.2 Å². The van der Waals surface area contributed by atoms with Crippen molar-refractivity contribution in [2.75, 3.05) is 33.2 Å². The van der Waals surface area contributed by atoms with Crippen molar-refractivity contribution >= 4 is 34.2 Å². The van der Waals surface area contributed by atoms with E-state index >= 15 is 0 Å². The monoisotopic (exact) mass is 316 g/mol. The summed E-state index contributed by atoms with van der Waals surface area (Å²) in [7, 11) is 7.16. The second kappa shape index (κ2) is 6.28. The zero-order chi connectivity index (χ0) is 14.8. The van der Waals surface area contributed by atoms with Crippen molar-refractivity contribution in [3.63, 3.8) is 0 Å². The maximum absolute atomic E-state index is 11.9. The summed E-state index contributed by atoms with van der Waals surface area (Å²) < 4.78 is 5.87.